The van der Waals surface area contributed by atoms with Gasteiger partial charge in [0.1, 0.15) is 5.60 Å². The molecule has 0 saturated carbocycles. The fraction of sp³-hybridized carbons (Fsp3) is 0.846. The van der Waals surface area contributed by atoms with Crippen molar-refractivity contribution in [3.05, 3.63) is 0 Å². The number of amides is 2. The van der Waals surface area contributed by atoms with Crippen molar-refractivity contribution in [2.45, 2.75) is 45.3 Å². The molecule has 0 rings (SSSR count). The topological polar surface area (TPSA) is 125 Å². The summed E-state index contributed by atoms with van der Waals surface area (Å²) in [5, 5.41) is 21.2. The van der Waals surface area contributed by atoms with Gasteiger partial charge in [-0.1, -0.05) is 0 Å². The zero-order valence-electron chi connectivity index (χ0n) is 13.0. The predicted molar refractivity (Wildman–Crippen MR) is 78.1 cm³/mol. The third-order valence-electron chi connectivity index (χ3n) is 2.46. The number of hydrogen-bond acceptors (Lipinski definition) is 5. The molecule has 0 aromatic carbocycles. The summed E-state index contributed by atoms with van der Waals surface area (Å²) in [6, 6.07) is 0. The van der Waals surface area contributed by atoms with Gasteiger partial charge in [0, 0.05) is 13.1 Å². The average Bonchev–Trinajstić information content (AvgIpc) is 2.33. The summed E-state index contributed by atoms with van der Waals surface area (Å²) >= 11 is 0. The van der Waals surface area contributed by atoms with Crippen LogP contribution in [0.3, 0.4) is 0 Å². The Morgan fingerprint density at radius 3 is 2.43 bits per heavy atom. The Morgan fingerprint density at radius 1 is 1.33 bits per heavy atom. The third kappa shape index (κ3) is 10.9. The molecule has 0 heterocycles. The van der Waals surface area contributed by atoms with Crippen LogP contribution in [0.5, 0.6) is 0 Å². The highest BCUT2D eigenvalue weighted by Gasteiger charge is 2.19. The van der Waals surface area contributed by atoms with Gasteiger partial charge in [0.25, 0.3) is 0 Å². The van der Waals surface area contributed by atoms with Gasteiger partial charge in [-0.2, -0.15) is 0 Å². The van der Waals surface area contributed by atoms with E-state index >= 15 is 0 Å². The minimum Gasteiger partial charge on any atom is -0.465 e. The molecule has 0 aromatic heterocycles. The summed E-state index contributed by atoms with van der Waals surface area (Å²) in [6.07, 6.45) is -1.40. The van der Waals surface area contributed by atoms with Crippen LogP contribution >= 0.6 is 0 Å². The summed E-state index contributed by atoms with van der Waals surface area (Å²) in [6.45, 7) is 5.84. The lowest BCUT2D eigenvalue weighted by Gasteiger charge is -2.23. The molecule has 21 heavy (non-hydrogen) atoms. The highest BCUT2D eigenvalue weighted by molar-refractivity contribution is 5.67. The summed E-state index contributed by atoms with van der Waals surface area (Å²) in [5.41, 5.74) is 4.73. The first-order chi connectivity index (χ1) is 9.65. The number of nitrogens with one attached hydrogen (secondary N) is 1. The van der Waals surface area contributed by atoms with E-state index in [1.54, 1.807) is 20.8 Å². The van der Waals surface area contributed by atoms with Crippen molar-refractivity contribution in [2.24, 2.45) is 5.73 Å². The summed E-state index contributed by atoms with van der Waals surface area (Å²) in [7, 11) is 0. The number of carbonyl (C=O) groups excluding carboxylic acids is 1. The van der Waals surface area contributed by atoms with Crippen LogP contribution in [-0.4, -0.2) is 65.2 Å². The highest BCUT2D eigenvalue weighted by atomic mass is 16.6. The van der Waals surface area contributed by atoms with Gasteiger partial charge in [-0.05, 0) is 40.2 Å². The van der Waals surface area contributed by atoms with Crippen LogP contribution in [0.1, 0.15) is 33.6 Å². The largest absolute Gasteiger partial charge is 0.465 e. The smallest absolute Gasteiger partial charge is 0.407 e. The molecule has 1 atom stereocenters. The number of carboxylic acid groups (broad SMARTS) is 1. The predicted octanol–water partition coefficient (Wildman–Crippen LogP) is 0.591. The maximum absolute atomic E-state index is 11.4. The molecule has 0 aliphatic rings. The molecule has 0 fully saturated rings. The molecular formula is C13H27N3O5. The van der Waals surface area contributed by atoms with Gasteiger partial charge in [-0.3, -0.25) is 0 Å². The first-order valence-electron chi connectivity index (χ1n) is 6.98. The Morgan fingerprint density at radius 2 is 1.95 bits per heavy atom. The molecule has 0 unspecified atom stereocenters. The van der Waals surface area contributed by atoms with Crippen molar-refractivity contribution in [3.8, 4) is 0 Å². The molecule has 0 radical (unpaired) electrons. The molecule has 0 saturated heterocycles. The van der Waals surface area contributed by atoms with Gasteiger partial charge >= 0.3 is 12.2 Å². The summed E-state index contributed by atoms with van der Waals surface area (Å²) in [5.74, 6) is 0. The van der Waals surface area contributed by atoms with Gasteiger partial charge in [0.05, 0.1) is 12.6 Å². The Hall–Kier alpha value is -1.54. The van der Waals surface area contributed by atoms with E-state index in [4.69, 9.17) is 15.6 Å². The lowest BCUT2D eigenvalue weighted by Crippen LogP contribution is -2.43. The quantitative estimate of drug-likeness (QED) is 0.486. The molecule has 0 spiro atoms. The molecule has 2 amide bonds. The zero-order chi connectivity index (χ0) is 16.5. The van der Waals surface area contributed by atoms with E-state index in [0.29, 0.717) is 19.5 Å². The van der Waals surface area contributed by atoms with Crippen molar-refractivity contribution in [1.82, 2.24) is 10.2 Å². The van der Waals surface area contributed by atoms with Crippen molar-refractivity contribution in [1.29, 1.82) is 0 Å². The number of hydrogen-bond donors (Lipinski definition) is 4. The second-order valence-corrected chi connectivity index (χ2v) is 5.76. The normalized spacial score (nSPS) is 12.6. The first-order valence-corrected chi connectivity index (χ1v) is 6.98. The van der Waals surface area contributed by atoms with Crippen LogP contribution < -0.4 is 11.1 Å². The van der Waals surface area contributed by atoms with Gasteiger partial charge in [0.15, 0.2) is 0 Å². The number of carbonyl (C=O) groups is 2. The molecule has 0 aromatic rings. The highest BCUT2D eigenvalue weighted by Crippen LogP contribution is 2.06. The molecule has 8 nitrogen and oxygen atoms in total. The number of ether oxygens (including phenoxy) is 1. The van der Waals surface area contributed by atoms with Gasteiger partial charge in [0.2, 0.25) is 0 Å². The lowest BCUT2D eigenvalue weighted by molar-refractivity contribution is 0.0470. The van der Waals surface area contributed by atoms with Crippen LogP contribution in [0.25, 0.3) is 0 Å². The second kappa shape index (κ2) is 9.41. The lowest BCUT2D eigenvalue weighted by atomic mass is 10.2. The van der Waals surface area contributed by atoms with E-state index in [9.17, 15) is 14.7 Å². The van der Waals surface area contributed by atoms with Crippen molar-refractivity contribution < 1.29 is 24.5 Å². The molecule has 0 aliphatic heterocycles. The molecule has 124 valence electrons. The van der Waals surface area contributed by atoms with Crippen molar-refractivity contribution >= 4 is 12.2 Å². The standard InChI is InChI=1S/C13H27N3O5/c1-13(2,3)21-11(18)15-8-10(17)9-16(12(19)20)7-5-4-6-14/h10,17H,4-9,14H2,1-3H3,(H,15,18)(H,19,20)/t10-/m0/s1. The van der Waals surface area contributed by atoms with Crippen LogP contribution in [0.2, 0.25) is 0 Å². The number of unbranched alkanes of at least 4 members (excludes halogenated alkanes) is 1. The maximum atomic E-state index is 11.4. The van der Waals surface area contributed by atoms with Gasteiger partial charge in [-0.15, -0.1) is 0 Å². The second-order valence-electron chi connectivity index (χ2n) is 5.76. The van der Waals surface area contributed by atoms with Gasteiger partial charge in [-0.25, -0.2) is 9.59 Å². The number of aliphatic hydroxyl groups excluding tert-OH is 1. The Kier molecular flexibility index (Phi) is 8.72. The van der Waals surface area contributed by atoms with E-state index < -0.39 is 23.9 Å². The SMILES string of the molecule is CC(C)(C)OC(=O)NC[C@H](O)CN(CCCCN)C(=O)O. The minimum atomic E-state index is -1.11. The van der Waals surface area contributed by atoms with E-state index in [1.165, 1.54) is 0 Å². The van der Waals surface area contributed by atoms with Gasteiger partial charge < -0.3 is 30.9 Å². The van der Waals surface area contributed by atoms with Crippen LogP contribution in [-0.2, 0) is 4.74 Å². The Balaban J connectivity index is 4.11. The fourth-order valence-electron chi connectivity index (χ4n) is 1.55. The first kappa shape index (κ1) is 19.5. The Bertz CT molecular complexity index is 330. The van der Waals surface area contributed by atoms with Crippen LogP contribution in [0.4, 0.5) is 9.59 Å². The number of nitrogens with two attached hydrogens (primary N) is 1. The molecule has 0 aliphatic carbocycles. The molecule has 5 N–H and O–H groups in total. The summed E-state index contributed by atoms with van der Waals surface area (Å²) in [4.78, 5) is 23.5. The Labute approximate surface area is 125 Å². The molecule has 0 bridgehead atoms. The van der Waals surface area contributed by atoms with E-state index in [1.807, 2.05) is 0 Å². The number of aliphatic hydroxyl groups is 1. The van der Waals surface area contributed by atoms with E-state index in [0.717, 1.165) is 11.3 Å². The zero-order valence-corrected chi connectivity index (χ0v) is 13.0. The van der Waals surface area contributed by atoms with Crippen LogP contribution in [0.15, 0.2) is 0 Å². The molecular weight excluding hydrogens is 278 g/mol. The number of rotatable bonds is 8. The number of nitrogens with zero attached hydrogens (tertiary/aromatic N) is 1. The average molecular weight is 305 g/mol. The van der Waals surface area contributed by atoms with E-state index in [-0.39, 0.29) is 13.1 Å². The monoisotopic (exact) mass is 305 g/mol. The summed E-state index contributed by atoms with van der Waals surface area (Å²) < 4.78 is 5.02. The third-order valence-corrected chi connectivity index (χ3v) is 2.46. The molecule has 8 heteroatoms. The minimum absolute atomic E-state index is 0.0737. The van der Waals surface area contributed by atoms with Crippen molar-refractivity contribution in [3.63, 3.8) is 0 Å². The van der Waals surface area contributed by atoms with Crippen molar-refractivity contribution in [2.75, 3.05) is 26.2 Å². The van der Waals surface area contributed by atoms with E-state index in [2.05, 4.69) is 5.32 Å². The fourth-order valence-corrected chi connectivity index (χ4v) is 1.55. The number of alkyl carbamates (subject to hydrolysis) is 1. The maximum Gasteiger partial charge on any atom is 0.407 e. The van der Waals surface area contributed by atoms with Crippen LogP contribution in [0, 0.1) is 0 Å².